The predicted molar refractivity (Wildman–Crippen MR) is 135 cm³/mol. The number of aromatic nitrogens is 2. The molecule has 2 aromatic heterocycles. The van der Waals surface area contributed by atoms with Crippen LogP contribution in [-0.4, -0.2) is 78.4 Å². The number of carboxylic acids is 1. The summed E-state index contributed by atoms with van der Waals surface area (Å²) in [6.07, 6.45) is 0. The van der Waals surface area contributed by atoms with Gasteiger partial charge in [-0.15, -0.1) is 28.2 Å². The van der Waals surface area contributed by atoms with Crippen LogP contribution in [0, 0.1) is 11.3 Å². The number of rotatable bonds is 9. The summed E-state index contributed by atoms with van der Waals surface area (Å²) in [6, 6.07) is 4.71. The van der Waals surface area contributed by atoms with Crippen molar-refractivity contribution in [2.45, 2.75) is 22.5 Å². The molecule has 4 rings (SSSR count). The Morgan fingerprint density at radius 1 is 1.29 bits per heavy atom. The molecule has 0 saturated carbocycles. The van der Waals surface area contributed by atoms with Crippen LogP contribution in [-0.2, 0) is 14.4 Å². The minimum absolute atomic E-state index is 0.134. The number of carbonyl (C=O) groups is 4. The van der Waals surface area contributed by atoms with E-state index in [1.807, 2.05) is 0 Å². The van der Waals surface area contributed by atoms with Gasteiger partial charge in [-0.05, 0) is 23.1 Å². The van der Waals surface area contributed by atoms with Gasteiger partial charge in [0.2, 0.25) is 5.91 Å². The molecular weight excluding hydrogens is 558 g/mol. The Kier molecular flexibility index (Phi) is 8.24. The maximum atomic E-state index is 13.1. The fourth-order valence-corrected chi connectivity index (χ4v) is 6.79. The van der Waals surface area contributed by atoms with Gasteiger partial charge in [0.25, 0.3) is 5.91 Å². The fraction of sp³-hybridized carbons (Fsp3) is 0.286. The highest BCUT2D eigenvalue weighted by molar-refractivity contribution is 8.01. The average molecular weight is 578 g/mol. The summed E-state index contributed by atoms with van der Waals surface area (Å²) in [5, 5.41) is 40.3. The second-order valence-electron chi connectivity index (χ2n) is 7.77. The third kappa shape index (κ3) is 5.61. The summed E-state index contributed by atoms with van der Waals surface area (Å²) in [4.78, 5) is 63.3. The zero-order valence-corrected chi connectivity index (χ0v) is 21.6. The molecule has 2 aromatic rings. The molecule has 38 heavy (non-hydrogen) atoms. The number of thiophene rings is 1. The van der Waals surface area contributed by atoms with Gasteiger partial charge in [-0.2, -0.15) is 5.26 Å². The van der Waals surface area contributed by atoms with Crippen molar-refractivity contribution in [3.63, 3.8) is 0 Å². The highest BCUT2D eigenvalue weighted by Crippen LogP contribution is 2.41. The smallest absolute Gasteiger partial charge is 0.352 e. The van der Waals surface area contributed by atoms with E-state index < -0.39 is 46.8 Å². The highest BCUT2D eigenvalue weighted by Gasteiger charge is 2.54. The van der Waals surface area contributed by atoms with E-state index in [1.165, 1.54) is 29.2 Å². The van der Waals surface area contributed by atoms with Crippen LogP contribution < -0.4 is 21.5 Å². The van der Waals surface area contributed by atoms with Gasteiger partial charge in [0, 0.05) is 22.4 Å². The molecule has 0 aromatic carbocycles. The molecule has 2 aliphatic heterocycles. The number of nitriles is 1. The summed E-state index contributed by atoms with van der Waals surface area (Å²) >= 11 is 3.57. The molecule has 17 heteroatoms. The number of aliphatic carboxylic acids is 1. The van der Waals surface area contributed by atoms with Gasteiger partial charge in [0.05, 0.1) is 6.07 Å². The Hall–Kier alpha value is -4.01. The number of nitrogens with one attached hydrogen (secondary N) is 3. The van der Waals surface area contributed by atoms with E-state index in [-0.39, 0.29) is 33.6 Å². The molecule has 1 fully saturated rings. The molecule has 0 aliphatic carbocycles. The molecule has 3 atom stereocenters. The van der Waals surface area contributed by atoms with Gasteiger partial charge < -0.3 is 26.3 Å². The Labute approximate surface area is 226 Å². The first-order valence-electron chi connectivity index (χ1n) is 10.8. The number of carbonyl (C=O) groups excluding carboxylic acids is 3. The van der Waals surface area contributed by atoms with E-state index in [0.29, 0.717) is 10.5 Å². The Morgan fingerprint density at radius 2 is 2.08 bits per heavy atom. The Balaban J connectivity index is 1.46. The van der Waals surface area contributed by atoms with Crippen LogP contribution in [0.5, 0.6) is 0 Å². The average Bonchev–Trinajstić information content (AvgIpc) is 3.43. The van der Waals surface area contributed by atoms with Crippen molar-refractivity contribution < 1.29 is 29.5 Å². The standard InChI is InChI=1S/C21H19N7O7S3/c22-5-6-23-21(34)25-14(11-2-1-7-36-11)17(30)24-15-18(31)27-16(20(32)33)10(9-38-19(15)27)8-37-12-3-4-13(29)28(35)26-12/h1-4,7,14-15,19,35H,6,8-9H2,(H,24,30)(H,32,33)(H2,23,25,34)/t14?,15-,19?/m0/s1. The lowest BCUT2D eigenvalue weighted by molar-refractivity contribution is -0.150. The van der Waals surface area contributed by atoms with Gasteiger partial charge in [-0.3, -0.25) is 19.3 Å². The molecule has 1 saturated heterocycles. The predicted octanol–water partition coefficient (Wildman–Crippen LogP) is -0.0631. The second-order valence-corrected chi connectivity index (χ2v) is 10.9. The molecule has 0 spiro atoms. The number of hydrogen-bond donors (Lipinski definition) is 5. The van der Waals surface area contributed by atoms with Gasteiger partial charge in [0.15, 0.2) is 0 Å². The van der Waals surface area contributed by atoms with Crippen molar-refractivity contribution in [1.29, 1.82) is 5.26 Å². The zero-order chi connectivity index (χ0) is 27.4. The first-order valence-corrected chi connectivity index (χ1v) is 13.7. The third-order valence-corrected chi connectivity index (χ3v) is 8.68. The Morgan fingerprint density at radius 3 is 2.74 bits per heavy atom. The van der Waals surface area contributed by atoms with Crippen LogP contribution in [0.15, 0.2) is 50.7 Å². The number of amides is 4. The summed E-state index contributed by atoms with van der Waals surface area (Å²) in [7, 11) is 0. The first kappa shape index (κ1) is 27.0. The zero-order valence-electron chi connectivity index (χ0n) is 19.2. The molecule has 14 nitrogen and oxygen atoms in total. The third-order valence-electron chi connectivity index (χ3n) is 5.39. The lowest BCUT2D eigenvalue weighted by Crippen LogP contribution is -2.71. The van der Waals surface area contributed by atoms with E-state index in [0.717, 1.165) is 22.7 Å². The molecular formula is C21H19N7O7S3. The molecule has 0 bridgehead atoms. The van der Waals surface area contributed by atoms with Crippen molar-refractivity contribution in [3.8, 4) is 6.07 Å². The molecule has 2 unspecified atom stereocenters. The minimum atomic E-state index is -1.31. The van der Waals surface area contributed by atoms with E-state index in [2.05, 4.69) is 21.0 Å². The van der Waals surface area contributed by atoms with E-state index in [1.54, 1.807) is 23.6 Å². The maximum Gasteiger partial charge on any atom is 0.352 e. The highest BCUT2D eigenvalue weighted by atomic mass is 32.2. The summed E-state index contributed by atoms with van der Waals surface area (Å²) in [5.74, 6) is -2.20. The molecule has 5 N–H and O–H groups in total. The lowest BCUT2D eigenvalue weighted by Gasteiger charge is -2.49. The molecule has 4 amide bonds. The van der Waals surface area contributed by atoms with E-state index in [9.17, 15) is 34.3 Å². The molecule has 2 aliphatic rings. The second kappa shape index (κ2) is 11.6. The van der Waals surface area contributed by atoms with Crippen LogP contribution >= 0.6 is 34.9 Å². The summed E-state index contributed by atoms with van der Waals surface area (Å²) in [6.45, 7) is -0.260. The van der Waals surface area contributed by atoms with E-state index >= 15 is 0 Å². The van der Waals surface area contributed by atoms with Crippen molar-refractivity contribution in [3.05, 3.63) is 56.1 Å². The van der Waals surface area contributed by atoms with Gasteiger partial charge in [-0.25, -0.2) is 9.59 Å². The largest absolute Gasteiger partial charge is 0.477 e. The number of fused-ring (bicyclic) bond motifs is 1. The van der Waals surface area contributed by atoms with Gasteiger partial charge >= 0.3 is 17.6 Å². The quantitative estimate of drug-likeness (QED) is 0.115. The van der Waals surface area contributed by atoms with Crippen LogP contribution in [0.2, 0.25) is 0 Å². The number of β-lactam (4-membered cyclic amide) rings is 1. The van der Waals surface area contributed by atoms with E-state index in [4.69, 9.17) is 5.26 Å². The molecule has 198 valence electrons. The first-order chi connectivity index (χ1) is 18.2. The normalized spacial score (nSPS) is 19.0. The monoisotopic (exact) mass is 577 g/mol. The molecule has 0 radical (unpaired) electrons. The lowest BCUT2D eigenvalue weighted by atomic mass is 10.0. The SMILES string of the molecule is N#CCNC(=O)NC(C(=O)N[C@H]1C(=O)N2C(C(=O)O)=C(CSc3ccc(=O)n(O)n3)CSC12)c1cccs1. The van der Waals surface area contributed by atoms with Crippen LogP contribution in [0.3, 0.4) is 0 Å². The fourth-order valence-electron chi connectivity index (χ4n) is 3.68. The number of nitrogens with zero attached hydrogens (tertiary/aromatic N) is 4. The van der Waals surface area contributed by atoms with Crippen molar-refractivity contribution in [2.24, 2.45) is 0 Å². The topological polar surface area (TPSA) is 207 Å². The van der Waals surface area contributed by atoms with Crippen LogP contribution in [0.4, 0.5) is 4.79 Å². The Bertz CT molecular complexity index is 1400. The number of thioether (sulfide) groups is 2. The van der Waals surface area contributed by atoms with Gasteiger partial charge in [-0.1, -0.05) is 22.7 Å². The summed E-state index contributed by atoms with van der Waals surface area (Å²) < 4.78 is 0. The van der Waals surface area contributed by atoms with Crippen LogP contribution in [0.1, 0.15) is 10.9 Å². The minimum Gasteiger partial charge on any atom is -0.477 e. The molecule has 4 heterocycles. The van der Waals surface area contributed by atoms with Crippen molar-refractivity contribution in [1.82, 2.24) is 30.8 Å². The maximum absolute atomic E-state index is 13.1. The number of carboxylic acid groups (broad SMARTS) is 1. The van der Waals surface area contributed by atoms with Gasteiger partial charge in [0.1, 0.15) is 34.7 Å². The van der Waals surface area contributed by atoms with Crippen LogP contribution in [0.25, 0.3) is 0 Å². The van der Waals surface area contributed by atoms with Crippen molar-refractivity contribution >= 4 is 58.7 Å². The summed E-state index contributed by atoms with van der Waals surface area (Å²) in [5.41, 5.74) is -0.473. The number of urea groups is 1. The van der Waals surface area contributed by atoms with Crippen molar-refractivity contribution in [2.75, 3.05) is 18.1 Å². The number of hydrogen-bond acceptors (Lipinski definition) is 11.